The molecule has 3 atom stereocenters. The van der Waals surface area contributed by atoms with E-state index in [0.717, 1.165) is 6.07 Å². The van der Waals surface area contributed by atoms with E-state index < -0.39 is 47.2 Å². The molecule has 4 rings (SSSR count). The molecule has 0 aromatic heterocycles. The third-order valence-electron chi connectivity index (χ3n) is 7.60. The first-order valence-electron chi connectivity index (χ1n) is 12.5. The van der Waals surface area contributed by atoms with Gasteiger partial charge >= 0.3 is 0 Å². The molecule has 212 valence electrons. The standard InChI is InChI=1S/C28H34F2N2O6S/c1-27-14-21(22(24(34-2)35-3)25(36-4)37-5)38-15-28(27,19-12-11-18(29)13-20(19)30)32-26(39-16-27)31-23(33)17-9-7-6-8-10-17/h6-13,21-22,24-25H,14-16H2,1-5H3,(H,31,32,33)/t21-,27+,28-/m1/s1. The van der Waals surface area contributed by atoms with Crippen LogP contribution in [0.15, 0.2) is 53.5 Å². The van der Waals surface area contributed by atoms with Crippen LogP contribution in [0.4, 0.5) is 8.78 Å². The van der Waals surface area contributed by atoms with Crippen molar-refractivity contribution in [2.45, 2.75) is 37.6 Å². The Bertz CT molecular complexity index is 1170. The molecule has 11 heteroatoms. The number of nitrogens with one attached hydrogen (secondary N) is 1. The van der Waals surface area contributed by atoms with Crippen LogP contribution in [0.5, 0.6) is 0 Å². The second-order valence-electron chi connectivity index (χ2n) is 9.88. The number of hydrogen-bond donors (Lipinski definition) is 1. The Hall–Kier alpha value is -2.41. The van der Waals surface area contributed by atoms with E-state index in [1.54, 1.807) is 24.3 Å². The molecule has 39 heavy (non-hydrogen) atoms. The molecule has 0 spiro atoms. The van der Waals surface area contributed by atoms with E-state index in [2.05, 4.69) is 5.32 Å². The lowest BCUT2D eigenvalue weighted by molar-refractivity contribution is -0.264. The highest BCUT2D eigenvalue weighted by molar-refractivity contribution is 8.14. The number of amidine groups is 1. The predicted molar refractivity (Wildman–Crippen MR) is 143 cm³/mol. The summed E-state index contributed by atoms with van der Waals surface area (Å²) in [6, 6.07) is 12.2. The third-order valence-corrected chi connectivity index (χ3v) is 8.84. The Labute approximate surface area is 231 Å². The Morgan fingerprint density at radius 2 is 1.69 bits per heavy atom. The number of rotatable bonds is 9. The van der Waals surface area contributed by atoms with Crippen molar-refractivity contribution in [3.8, 4) is 0 Å². The molecule has 0 saturated carbocycles. The van der Waals surface area contributed by atoms with E-state index in [9.17, 15) is 9.18 Å². The number of carbonyl (C=O) groups is 1. The van der Waals surface area contributed by atoms with Gasteiger partial charge in [-0.1, -0.05) is 43.0 Å². The van der Waals surface area contributed by atoms with Gasteiger partial charge in [-0.25, -0.2) is 13.8 Å². The van der Waals surface area contributed by atoms with Gasteiger partial charge in [-0.15, -0.1) is 0 Å². The summed E-state index contributed by atoms with van der Waals surface area (Å²) in [5.74, 6) is -1.78. The minimum absolute atomic E-state index is 0.0429. The van der Waals surface area contributed by atoms with E-state index >= 15 is 4.39 Å². The second kappa shape index (κ2) is 12.4. The number of benzene rings is 2. The lowest BCUT2D eigenvalue weighted by Crippen LogP contribution is -2.60. The maximum Gasteiger partial charge on any atom is 0.257 e. The number of carbonyl (C=O) groups excluding carboxylic acids is 1. The van der Waals surface area contributed by atoms with Crippen LogP contribution in [0.25, 0.3) is 0 Å². The molecule has 2 heterocycles. The summed E-state index contributed by atoms with van der Waals surface area (Å²) in [4.78, 5) is 17.8. The van der Waals surface area contributed by atoms with E-state index in [4.69, 9.17) is 28.7 Å². The van der Waals surface area contributed by atoms with Gasteiger partial charge in [0.05, 0.1) is 18.6 Å². The fourth-order valence-corrected chi connectivity index (χ4v) is 6.71. The van der Waals surface area contributed by atoms with Crippen LogP contribution in [-0.2, 0) is 29.2 Å². The zero-order chi connectivity index (χ0) is 28.2. The number of ether oxygens (including phenoxy) is 5. The predicted octanol–water partition coefficient (Wildman–Crippen LogP) is 4.34. The van der Waals surface area contributed by atoms with Crippen LogP contribution in [-0.4, -0.2) is 70.6 Å². The average Bonchev–Trinajstić information content (AvgIpc) is 2.93. The highest BCUT2D eigenvalue weighted by Gasteiger charge is 2.59. The SMILES string of the molecule is COC(OC)C(C(OC)OC)[C@H]1C[C@@]2(C)CSC(NC(=O)c3ccccc3)=N[C@@]2(c2ccc(F)cc2F)CO1. The second-order valence-corrected chi connectivity index (χ2v) is 10.8. The zero-order valence-electron chi connectivity index (χ0n) is 22.6. The molecule has 8 nitrogen and oxygen atoms in total. The minimum atomic E-state index is -1.25. The minimum Gasteiger partial charge on any atom is -0.375 e. The average molecular weight is 565 g/mol. The van der Waals surface area contributed by atoms with E-state index in [1.165, 1.54) is 52.3 Å². The van der Waals surface area contributed by atoms with E-state index in [1.807, 2.05) is 13.0 Å². The summed E-state index contributed by atoms with van der Waals surface area (Å²) in [5, 5.41) is 3.19. The van der Waals surface area contributed by atoms with Gasteiger partial charge in [0.25, 0.3) is 5.91 Å². The largest absolute Gasteiger partial charge is 0.375 e. The molecule has 1 saturated heterocycles. The molecule has 2 aliphatic rings. The maximum atomic E-state index is 15.4. The first-order valence-corrected chi connectivity index (χ1v) is 13.5. The van der Waals surface area contributed by atoms with Crippen LogP contribution in [0.2, 0.25) is 0 Å². The number of hydrogen-bond acceptors (Lipinski definition) is 8. The number of fused-ring (bicyclic) bond motifs is 1. The summed E-state index contributed by atoms with van der Waals surface area (Å²) < 4.78 is 58.1. The normalized spacial score (nSPS) is 25.1. The van der Waals surface area contributed by atoms with Crippen molar-refractivity contribution in [3.05, 3.63) is 71.3 Å². The molecule has 0 aliphatic carbocycles. The van der Waals surface area contributed by atoms with Gasteiger partial charge in [-0.2, -0.15) is 0 Å². The van der Waals surface area contributed by atoms with Crippen molar-refractivity contribution in [1.82, 2.24) is 5.32 Å². The fraction of sp³-hybridized carbons (Fsp3) is 0.500. The van der Waals surface area contributed by atoms with E-state index in [0.29, 0.717) is 22.9 Å². The van der Waals surface area contributed by atoms with Gasteiger partial charge in [0.2, 0.25) is 0 Å². The molecular formula is C28H34F2N2O6S. The highest BCUT2D eigenvalue weighted by Crippen LogP contribution is 2.56. The van der Waals surface area contributed by atoms with Gasteiger partial charge in [-0.05, 0) is 24.6 Å². The van der Waals surface area contributed by atoms with Gasteiger partial charge in [0, 0.05) is 56.8 Å². The van der Waals surface area contributed by atoms with Crippen molar-refractivity contribution < 1.29 is 37.3 Å². The highest BCUT2D eigenvalue weighted by atomic mass is 32.2. The molecule has 2 aromatic rings. The number of methoxy groups -OCH3 is 4. The Kier molecular flexibility index (Phi) is 9.41. The maximum absolute atomic E-state index is 15.4. The Balaban J connectivity index is 1.75. The topological polar surface area (TPSA) is 87.6 Å². The van der Waals surface area contributed by atoms with Gasteiger partial charge in [-0.3, -0.25) is 4.79 Å². The lowest BCUT2D eigenvalue weighted by atomic mass is 9.63. The van der Waals surface area contributed by atoms with Crippen LogP contribution in [0.1, 0.15) is 29.3 Å². The molecule has 1 amide bonds. The van der Waals surface area contributed by atoms with Gasteiger partial charge in [0.1, 0.15) is 17.2 Å². The van der Waals surface area contributed by atoms with Crippen molar-refractivity contribution in [2.24, 2.45) is 16.3 Å². The quantitative estimate of drug-likeness (QED) is 0.454. The summed E-state index contributed by atoms with van der Waals surface area (Å²) in [6.07, 6.45) is -1.49. The van der Waals surface area contributed by atoms with Crippen molar-refractivity contribution in [1.29, 1.82) is 0 Å². The zero-order valence-corrected chi connectivity index (χ0v) is 23.4. The lowest BCUT2D eigenvalue weighted by Gasteiger charge is -2.55. The Morgan fingerprint density at radius 1 is 1.05 bits per heavy atom. The number of thioether (sulfide) groups is 1. The van der Waals surface area contributed by atoms with Crippen LogP contribution in [0, 0.1) is 23.0 Å². The number of amides is 1. The number of nitrogens with zero attached hydrogens (tertiary/aromatic N) is 1. The molecule has 0 bridgehead atoms. The number of aliphatic imine (C=N–C) groups is 1. The first kappa shape index (κ1) is 29.6. The fourth-order valence-electron chi connectivity index (χ4n) is 5.51. The summed E-state index contributed by atoms with van der Waals surface area (Å²) in [6.45, 7) is 1.96. The van der Waals surface area contributed by atoms with Gasteiger partial charge in [0.15, 0.2) is 17.7 Å². The molecule has 0 radical (unpaired) electrons. The van der Waals surface area contributed by atoms with Crippen LogP contribution in [0.3, 0.4) is 0 Å². The summed E-state index contributed by atoms with van der Waals surface area (Å²) >= 11 is 1.37. The van der Waals surface area contributed by atoms with E-state index in [-0.39, 0.29) is 18.1 Å². The van der Waals surface area contributed by atoms with Crippen molar-refractivity contribution in [2.75, 3.05) is 40.8 Å². The third kappa shape index (κ3) is 5.75. The first-order chi connectivity index (χ1) is 18.7. The Morgan fingerprint density at radius 3 is 2.28 bits per heavy atom. The molecule has 0 unspecified atom stereocenters. The van der Waals surface area contributed by atoms with Crippen molar-refractivity contribution >= 4 is 22.8 Å². The molecule has 2 aliphatic heterocycles. The summed E-state index contributed by atoms with van der Waals surface area (Å²) in [5.41, 5.74) is -1.27. The number of halogens is 2. The smallest absolute Gasteiger partial charge is 0.257 e. The molecule has 1 fully saturated rings. The van der Waals surface area contributed by atoms with Gasteiger partial charge < -0.3 is 29.0 Å². The monoisotopic (exact) mass is 564 g/mol. The molecule has 1 N–H and O–H groups in total. The molecule has 2 aromatic carbocycles. The van der Waals surface area contributed by atoms with Crippen LogP contribution >= 0.6 is 11.8 Å². The molecular weight excluding hydrogens is 530 g/mol. The van der Waals surface area contributed by atoms with Crippen molar-refractivity contribution in [3.63, 3.8) is 0 Å². The summed E-state index contributed by atoms with van der Waals surface area (Å²) in [7, 11) is 6.09. The van der Waals surface area contributed by atoms with Crippen LogP contribution < -0.4 is 5.32 Å².